The molecule has 1 saturated heterocycles. The molecular formula is C14H18ClNO. The molecule has 1 fully saturated rings. The van der Waals surface area contributed by atoms with Gasteiger partial charge in [0.25, 0.3) is 0 Å². The highest BCUT2D eigenvalue weighted by atomic mass is 35.5. The van der Waals surface area contributed by atoms with E-state index in [1.807, 2.05) is 0 Å². The van der Waals surface area contributed by atoms with Crippen molar-refractivity contribution in [1.29, 1.82) is 0 Å². The zero-order valence-electron chi connectivity index (χ0n) is 9.94. The van der Waals surface area contributed by atoms with E-state index in [0.29, 0.717) is 5.88 Å². The van der Waals surface area contributed by atoms with Gasteiger partial charge in [0.15, 0.2) is 0 Å². The normalized spacial score (nSPS) is 16.6. The van der Waals surface area contributed by atoms with E-state index in [1.165, 1.54) is 11.3 Å². The first kappa shape index (κ1) is 12.5. The van der Waals surface area contributed by atoms with E-state index in [9.17, 15) is 0 Å². The van der Waals surface area contributed by atoms with Gasteiger partial charge in [0.1, 0.15) is 0 Å². The number of anilines is 1. The lowest BCUT2D eigenvalue weighted by Crippen LogP contribution is -2.36. The summed E-state index contributed by atoms with van der Waals surface area (Å²) in [5, 5.41) is 0. The minimum absolute atomic E-state index is 0.683. The minimum Gasteiger partial charge on any atom is -0.378 e. The summed E-state index contributed by atoms with van der Waals surface area (Å²) in [4.78, 5) is 2.36. The van der Waals surface area contributed by atoms with Crippen molar-refractivity contribution in [3.05, 3.63) is 35.9 Å². The van der Waals surface area contributed by atoms with Crippen molar-refractivity contribution < 1.29 is 4.74 Å². The maximum atomic E-state index is 5.62. The molecule has 0 N–H and O–H groups in total. The van der Waals surface area contributed by atoms with E-state index in [1.54, 1.807) is 0 Å². The zero-order valence-corrected chi connectivity index (χ0v) is 10.7. The van der Waals surface area contributed by atoms with Gasteiger partial charge < -0.3 is 9.64 Å². The summed E-state index contributed by atoms with van der Waals surface area (Å²) >= 11 is 5.62. The fraction of sp³-hybridized carbons (Fsp3) is 0.429. The van der Waals surface area contributed by atoms with Gasteiger partial charge in [-0.2, -0.15) is 0 Å². The molecule has 1 aromatic carbocycles. The molecule has 92 valence electrons. The molecule has 2 nitrogen and oxygen atoms in total. The Kier molecular flexibility index (Phi) is 4.89. The van der Waals surface area contributed by atoms with Crippen LogP contribution in [0, 0.1) is 0 Å². The van der Waals surface area contributed by atoms with Crippen LogP contribution in [0.25, 0.3) is 6.08 Å². The van der Waals surface area contributed by atoms with Gasteiger partial charge in [-0.15, -0.1) is 11.6 Å². The number of halogens is 1. The number of rotatable bonds is 4. The minimum atomic E-state index is 0.683. The molecule has 0 atom stereocenters. The van der Waals surface area contributed by atoms with E-state index < -0.39 is 0 Å². The van der Waals surface area contributed by atoms with Crippen molar-refractivity contribution in [2.24, 2.45) is 0 Å². The highest BCUT2D eigenvalue weighted by Gasteiger charge is 2.10. The predicted molar refractivity (Wildman–Crippen MR) is 73.8 cm³/mol. The lowest BCUT2D eigenvalue weighted by molar-refractivity contribution is 0.122. The fourth-order valence-corrected chi connectivity index (χ4v) is 2.03. The number of allylic oxidation sites excluding steroid dienone is 1. The van der Waals surface area contributed by atoms with Crippen molar-refractivity contribution in [3.8, 4) is 0 Å². The molecule has 17 heavy (non-hydrogen) atoms. The van der Waals surface area contributed by atoms with Crippen molar-refractivity contribution >= 4 is 23.4 Å². The summed E-state index contributed by atoms with van der Waals surface area (Å²) in [6, 6.07) is 8.64. The van der Waals surface area contributed by atoms with Gasteiger partial charge in [-0.05, 0) is 24.1 Å². The number of benzene rings is 1. The second kappa shape index (κ2) is 6.67. The van der Waals surface area contributed by atoms with Crippen molar-refractivity contribution in [2.75, 3.05) is 37.1 Å². The van der Waals surface area contributed by atoms with Crippen molar-refractivity contribution in [2.45, 2.75) is 6.42 Å². The van der Waals surface area contributed by atoms with Gasteiger partial charge in [0.05, 0.1) is 13.2 Å². The molecule has 1 aromatic rings. The van der Waals surface area contributed by atoms with Crippen LogP contribution in [0.2, 0.25) is 0 Å². The topological polar surface area (TPSA) is 12.5 Å². The molecular weight excluding hydrogens is 234 g/mol. The maximum absolute atomic E-state index is 5.62. The van der Waals surface area contributed by atoms with Crippen molar-refractivity contribution in [1.82, 2.24) is 0 Å². The van der Waals surface area contributed by atoms with Crippen molar-refractivity contribution in [3.63, 3.8) is 0 Å². The number of ether oxygens (including phenoxy) is 1. The molecule has 0 bridgehead atoms. The van der Waals surface area contributed by atoms with Crippen LogP contribution >= 0.6 is 11.6 Å². The Balaban J connectivity index is 1.97. The monoisotopic (exact) mass is 251 g/mol. The summed E-state index contributed by atoms with van der Waals surface area (Å²) < 4.78 is 5.35. The summed E-state index contributed by atoms with van der Waals surface area (Å²) in [5.41, 5.74) is 2.51. The van der Waals surface area contributed by atoms with Crippen LogP contribution in [0.3, 0.4) is 0 Å². The molecule has 0 amide bonds. The second-order valence-corrected chi connectivity index (χ2v) is 4.45. The third kappa shape index (κ3) is 3.76. The van der Waals surface area contributed by atoms with Crippen LogP contribution in [0.1, 0.15) is 12.0 Å². The molecule has 1 aliphatic heterocycles. The summed E-state index contributed by atoms with van der Waals surface area (Å²) in [5.74, 6) is 0.683. The molecule has 2 rings (SSSR count). The number of alkyl halides is 1. The molecule has 0 radical (unpaired) electrons. The van der Waals surface area contributed by atoms with E-state index in [2.05, 4.69) is 41.3 Å². The standard InChI is InChI=1S/C14H18ClNO/c15-8-2-1-3-13-4-6-14(7-5-13)16-9-11-17-12-10-16/h1,3-7H,2,8-12H2. The first-order valence-corrected chi connectivity index (χ1v) is 6.59. The fourth-order valence-electron chi connectivity index (χ4n) is 1.90. The third-order valence-corrected chi connectivity index (χ3v) is 3.07. The lowest BCUT2D eigenvalue weighted by atomic mass is 10.1. The molecule has 0 aromatic heterocycles. The average Bonchev–Trinajstić information content (AvgIpc) is 2.41. The van der Waals surface area contributed by atoms with E-state index in [0.717, 1.165) is 32.7 Å². The van der Waals surface area contributed by atoms with Crippen LogP contribution in [0.4, 0.5) is 5.69 Å². The highest BCUT2D eigenvalue weighted by molar-refractivity contribution is 6.17. The van der Waals surface area contributed by atoms with Crippen LogP contribution in [0.5, 0.6) is 0 Å². The first-order chi connectivity index (χ1) is 8.40. The van der Waals surface area contributed by atoms with Crippen LogP contribution in [-0.4, -0.2) is 32.2 Å². The van der Waals surface area contributed by atoms with Gasteiger partial charge in [-0.25, -0.2) is 0 Å². The smallest absolute Gasteiger partial charge is 0.0642 e. The largest absolute Gasteiger partial charge is 0.378 e. The highest BCUT2D eigenvalue weighted by Crippen LogP contribution is 2.17. The van der Waals surface area contributed by atoms with E-state index in [-0.39, 0.29) is 0 Å². The van der Waals surface area contributed by atoms with Gasteiger partial charge in [0, 0.05) is 24.7 Å². The number of nitrogens with zero attached hydrogens (tertiary/aromatic N) is 1. The average molecular weight is 252 g/mol. The van der Waals surface area contributed by atoms with Gasteiger partial charge >= 0.3 is 0 Å². The second-order valence-electron chi connectivity index (χ2n) is 4.07. The third-order valence-electron chi connectivity index (χ3n) is 2.86. The predicted octanol–water partition coefficient (Wildman–Crippen LogP) is 3.17. The Bertz CT molecular complexity index is 355. The summed E-state index contributed by atoms with van der Waals surface area (Å²) in [6.07, 6.45) is 5.15. The number of hydrogen-bond acceptors (Lipinski definition) is 2. The molecule has 0 aliphatic carbocycles. The van der Waals surface area contributed by atoms with Gasteiger partial charge in [-0.1, -0.05) is 24.3 Å². The maximum Gasteiger partial charge on any atom is 0.0642 e. The van der Waals surface area contributed by atoms with Crippen LogP contribution in [0.15, 0.2) is 30.3 Å². The Morgan fingerprint density at radius 3 is 2.53 bits per heavy atom. The SMILES string of the molecule is ClCCC=Cc1ccc(N2CCOCC2)cc1. The Hall–Kier alpha value is -0.990. The van der Waals surface area contributed by atoms with E-state index in [4.69, 9.17) is 16.3 Å². The Morgan fingerprint density at radius 1 is 1.18 bits per heavy atom. The Labute approximate surface area is 108 Å². The molecule has 3 heteroatoms. The number of morpholine rings is 1. The lowest BCUT2D eigenvalue weighted by Gasteiger charge is -2.28. The van der Waals surface area contributed by atoms with Crippen LogP contribution < -0.4 is 4.90 Å². The molecule has 0 spiro atoms. The molecule has 0 saturated carbocycles. The summed E-state index contributed by atoms with van der Waals surface area (Å²) in [6.45, 7) is 3.64. The molecule has 0 unspecified atom stereocenters. The summed E-state index contributed by atoms with van der Waals surface area (Å²) in [7, 11) is 0. The van der Waals surface area contributed by atoms with E-state index >= 15 is 0 Å². The van der Waals surface area contributed by atoms with Gasteiger partial charge in [-0.3, -0.25) is 0 Å². The quantitative estimate of drug-likeness (QED) is 0.763. The molecule has 1 aliphatic rings. The Morgan fingerprint density at radius 2 is 1.88 bits per heavy atom. The van der Waals surface area contributed by atoms with Gasteiger partial charge in [0.2, 0.25) is 0 Å². The van der Waals surface area contributed by atoms with Crippen LogP contribution in [-0.2, 0) is 4.74 Å². The number of hydrogen-bond donors (Lipinski definition) is 0. The first-order valence-electron chi connectivity index (χ1n) is 6.05. The zero-order chi connectivity index (χ0) is 11.9. The molecule has 1 heterocycles.